The number of hydrogen-bond donors (Lipinski definition) is 1. The van der Waals surface area contributed by atoms with Crippen molar-refractivity contribution in [1.29, 1.82) is 0 Å². The third-order valence-corrected chi connectivity index (χ3v) is 2.61. The van der Waals surface area contributed by atoms with Crippen molar-refractivity contribution in [2.24, 2.45) is 5.41 Å². The van der Waals surface area contributed by atoms with E-state index in [9.17, 15) is 14.9 Å². The molecule has 0 aliphatic heterocycles. The lowest BCUT2D eigenvalue weighted by Gasteiger charge is -2.22. The van der Waals surface area contributed by atoms with Crippen molar-refractivity contribution in [2.45, 2.75) is 20.3 Å². The lowest BCUT2D eigenvalue weighted by atomic mass is 9.85. The maximum Gasteiger partial charge on any atom is 0.269 e. The Morgan fingerprint density at radius 2 is 2.12 bits per heavy atom. The van der Waals surface area contributed by atoms with Gasteiger partial charge in [-0.3, -0.25) is 14.9 Å². The molecule has 17 heavy (non-hydrogen) atoms. The first-order valence-corrected chi connectivity index (χ1v) is 5.32. The van der Waals surface area contributed by atoms with Crippen LogP contribution in [0.2, 0.25) is 0 Å². The lowest BCUT2D eigenvalue weighted by molar-refractivity contribution is -0.384. The van der Waals surface area contributed by atoms with Gasteiger partial charge in [0.1, 0.15) is 0 Å². The zero-order valence-electron chi connectivity index (χ0n) is 10.2. The molecule has 1 aromatic carbocycles. The highest BCUT2D eigenvalue weighted by Gasteiger charge is 2.27. The standard InChI is InChI=1S/C12H16N2O3/c1-12(2,11(15)13-3)8-9-5-4-6-10(7-9)14(16)17/h4-7H,8H2,1-3H3,(H,13,15). The summed E-state index contributed by atoms with van der Waals surface area (Å²) in [5.74, 6) is -0.0796. The Morgan fingerprint density at radius 3 is 2.65 bits per heavy atom. The van der Waals surface area contributed by atoms with Crippen LogP contribution in [0.5, 0.6) is 0 Å². The molecule has 0 aromatic heterocycles. The summed E-state index contributed by atoms with van der Waals surface area (Å²) in [4.78, 5) is 21.8. The summed E-state index contributed by atoms with van der Waals surface area (Å²) >= 11 is 0. The van der Waals surface area contributed by atoms with E-state index in [-0.39, 0.29) is 11.6 Å². The van der Waals surface area contributed by atoms with Crippen LogP contribution in [0, 0.1) is 15.5 Å². The van der Waals surface area contributed by atoms with E-state index in [2.05, 4.69) is 5.32 Å². The zero-order valence-corrected chi connectivity index (χ0v) is 10.2. The summed E-state index contributed by atoms with van der Waals surface area (Å²) in [6.45, 7) is 3.62. The molecule has 1 rings (SSSR count). The number of nitrogens with one attached hydrogen (secondary N) is 1. The Bertz CT molecular complexity index is 441. The molecule has 0 radical (unpaired) electrons. The minimum Gasteiger partial charge on any atom is -0.359 e. The van der Waals surface area contributed by atoms with Crippen molar-refractivity contribution in [3.8, 4) is 0 Å². The Kier molecular flexibility index (Phi) is 3.83. The zero-order chi connectivity index (χ0) is 13.1. The molecule has 92 valence electrons. The van der Waals surface area contributed by atoms with Gasteiger partial charge in [-0.05, 0) is 12.0 Å². The van der Waals surface area contributed by atoms with Gasteiger partial charge in [0.25, 0.3) is 5.69 Å². The number of non-ortho nitro benzene ring substituents is 1. The van der Waals surface area contributed by atoms with Gasteiger partial charge >= 0.3 is 0 Å². The second kappa shape index (κ2) is 4.95. The maximum atomic E-state index is 11.6. The number of nitro groups is 1. The van der Waals surface area contributed by atoms with Crippen LogP contribution < -0.4 is 5.32 Å². The summed E-state index contributed by atoms with van der Waals surface area (Å²) in [5, 5.41) is 13.2. The smallest absolute Gasteiger partial charge is 0.269 e. The van der Waals surface area contributed by atoms with Crippen LogP contribution in [-0.4, -0.2) is 17.9 Å². The molecular weight excluding hydrogens is 220 g/mol. The lowest BCUT2D eigenvalue weighted by Crippen LogP contribution is -2.36. The quantitative estimate of drug-likeness (QED) is 0.641. The van der Waals surface area contributed by atoms with Gasteiger partial charge in [0.2, 0.25) is 5.91 Å². The van der Waals surface area contributed by atoms with Crippen molar-refractivity contribution >= 4 is 11.6 Å². The highest BCUT2D eigenvalue weighted by Crippen LogP contribution is 2.24. The molecule has 0 atom stereocenters. The molecule has 0 aliphatic carbocycles. The normalized spacial score (nSPS) is 11.0. The number of hydrogen-bond acceptors (Lipinski definition) is 3. The largest absolute Gasteiger partial charge is 0.359 e. The highest BCUT2D eigenvalue weighted by atomic mass is 16.6. The van der Waals surface area contributed by atoms with Gasteiger partial charge in [0.15, 0.2) is 0 Å². The van der Waals surface area contributed by atoms with Gasteiger partial charge in [-0.25, -0.2) is 0 Å². The minimum atomic E-state index is -0.579. The number of amides is 1. The SMILES string of the molecule is CNC(=O)C(C)(C)Cc1cccc([N+](=O)[O-])c1. The molecule has 0 saturated carbocycles. The molecule has 0 heterocycles. The molecule has 1 amide bonds. The molecule has 0 aliphatic rings. The number of carbonyl (C=O) groups is 1. The van der Waals surface area contributed by atoms with Crippen molar-refractivity contribution in [3.05, 3.63) is 39.9 Å². The van der Waals surface area contributed by atoms with Gasteiger partial charge in [0, 0.05) is 24.6 Å². The molecule has 0 spiro atoms. The van der Waals surface area contributed by atoms with Crippen LogP contribution in [0.25, 0.3) is 0 Å². The first-order chi connectivity index (χ1) is 7.86. The first kappa shape index (κ1) is 13.2. The number of rotatable bonds is 4. The van der Waals surface area contributed by atoms with E-state index in [1.807, 2.05) is 13.8 Å². The van der Waals surface area contributed by atoms with Crippen LogP contribution in [0.4, 0.5) is 5.69 Å². The highest BCUT2D eigenvalue weighted by molar-refractivity contribution is 5.81. The third-order valence-electron chi connectivity index (χ3n) is 2.61. The summed E-state index contributed by atoms with van der Waals surface area (Å²) < 4.78 is 0. The third kappa shape index (κ3) is 3.27. The van der Waals surface area contributed by atoms with E-state index >= 15 is 0 Å². The van der Waals surface area contributed by atoms with Gasteiger partial charge in [-0.2, -0.15) is 0 Å². The monoisotopic (exact) mass is 236 g/mol. The van der Waals surface area contributed by atoms with E-state index in [0.717, 1.165) is 5.56 Å². The summed E-state index contributed by atoms with van der Waals surface area (Å²) in [5.41, 5.74) is 0.257. The number of nitro benzene ring substituents is 1. The van der Waals surface area contributed by atoms with Gasteiger partial charge < -0.3 is 5.32 Å². The molecule has 1 N–H and O–H groups in total. The first-order valence-electron chi connectivity index (χ1n) is 5.32. The molecular formula is C12H16N2O3. The number of carbonyl (C=O) groups excluding carboxylic acids is 1. The topological polar surface area (TPSA) is 72.2 Å². The van der Waals surface area contributed by atoms with Crippen molar-refractivity contribution in [2.75, 3.05) is 7.05 Å². The van der Waals surface area contributed by atoms with Gasteiger partial charge in [-0.15, -0.1) is 0 Å². The van der Waals surface area contributed by atoms with Crippen LogP contribution in [0.15, 0.2) is 24.3 Å². The molecule has 0 unspecified atom stereocenters. The molecule has 5 heteroatoms. The van der Waals surface area contributed by atoms with Crippen molar-refractivity contribution in [3.63, 3.8) is 0 Å². The molecule has 5 nitrogen and oxygen atoms in total. The van der Waals surface area contributed by atoms with Crippen LogP contribution >= 0.6 is 0 Å². The average molecular weight is 236 g/mol. The number of benzene rings is 1. The maximum absolute atomic E-state index is 11.6. The second-order valence-corrected chi connectivity index (χ2v) is 4.57. The fourth-order valence-electron chi connectivity index (χ4n) is 1.71. The van der Waals surface area contributed by atoms with E-state index in [1.54, 1.807) is 19.2 Å². The Hall–Kier alpha value is -1.91. The fourth-order valence-corrected chi connectivity index (χ4v) is 1.71. The second-order valence-electron chi connectivity index (χ2n) is 4.57. The van der Waals surface area contributed by atoms with Crippen LogP contribution in [-0.2, 0) is 11.2 Å². The van der Waals surface area contributed by atoms with E-state index < -0.39 is 10.3 Å². The van der Waals surface area contributed by atoms with Crippen molar-refractivity contribution in [1.82, 2.24) is 5.32 Å². The average Bonchev–Trinajstić information content (AvgIpc) is 2.27. The molecule has 0 bridgehead atoms. The Morgan fingerprint density at radius 1 is 1.47 bits per heavy atom. The predicted octanol–water partition coefficient (Wildman–Crippen LogP) is 1.91. The predicted molar refractivity (Wildman–Crippen MR) is 64.6 cm³/mol. The van der Waals surface area contributed by atoms with Crippen LogP contribution in [0.3, 0.4) is 0 Å². The van der Waals surface area contributed by atoms with Crippen LogP contribution in [0.1, 0.15) is 19.4 Å². The fraction of sp³-hybridized carbons (Fsp3) is 0.417. The van der Waals surface area contributed by atoms with E-state index in [4.69, 9.17) is 0 Å². The number of nitrogens with zero attached hydrogens (tertiary/aromatic N) is 1. The van der Waals surface area contributed by atoms with E-state index in [0.29, 0.717) is 6.42 Å². The molecule has 1 aromatic rings. The molecule has 0 fully saturated rings. The van der Waals surface area contributed by atoms with Gasteiger partial charge in [-0.1, -0.05) is 26.0 Å². The summed E-state index contributed by atoms with van der Waals surface area (Å²) in [7, 11) is 1.58. The van der Waals surface area contributed by atoms with Gasteiger partial charge in [0.05, 0.1) is 4.92 Å². The summed E-state index contributed by atoms with van der Waals surface area (Å²) in [6.07, 6.45) is 0.467. The summed E-state index contributed by atoms with van der Waals surface area (Å²) in [6, 6.07) is 6.37. The minimum absolute atomic E-state index is 0.0511. The molecule has 0 saturated heterocycles. The Balaban J connectivity index is 2.92. The van der Waals surface area contributed by atoms with Crippen molar-refractivity contribution < 1.29 is 9.72 Å². The van der Waals surface area contributed by atoms with E-state index in [1.165, 1.54) is 12.1 Å². The Labute approximate surface area is 100.0 Å².